The molecule has 0 amide bonds. The van der Waals surface area contributed by atoms with Gasteiger partial charge in [0.1, 0.15) is 0 Å². The molecule has 0 fully saturated rings. The zero-order chi connectivity index (χ0) is 27.8. The Kier molecular flexibility index (Phi) is 18.7. The largest absolute Gasteiger partial charge is 0.504 e. The quantitative estimate of drug-likeness (QED) is 0.208. The van der Waals surface area contributed by atoms with Crippen molar-refractivity contribution in [1.82, 2.24) is 15.4 Å². The smallest absolute Gasteiger partial charge is 0.164 e. The van der Waals surface area contributed by atoms with Gasteiger partial charge in [0.25, 0.3) is 0 Å². The molecule has 1 heterocycles. The molecule has 210 valence electrons. The minimum atomic E-state index is 0.259. The van der Waals surface area contributed by atoms with Gasteiger partial charge in [-0.25, -0.2) is 0 Å². The fourth-order valence-electron chi connectivity index (χ4n) is 3.64. The van der Waals surface area contributed by atoms with Crippen molar-refractivity contribution in [2.75, 3.05) is 13.2 Å². The Balaban J connectivity index is 0.000000312. The molecule has 0 unspecified atom stereocenters. The van der Waals surface area contributed by atoms with Crippen molar-refractivity contribution in [3.8, 4) is 23.0 Å². The van der Waals surface area contributed by atoms with E-state index in [1.807, 2.05) is 24.3 Å². The van der Waals surface area contributed by atoms with E-state index in [9.17, 15) is 10.2 Å². The molecule has 2 N–H and O–H groups in total. The minimum absolute atomic E-state index is 0.259. The number of phenolic OH excluding ortho intramolecular Hbond substituents is 2. The summed E-state index contributed by atoms with van der Waals surface area (Å²) in [5.41, 5.74) is 2.16. The number of phenols is 2. The number of aromatic nitrogens is 3. The summed E-state index contributed by atoms with van der Waals surface area (Å²) in [4.78, 5) is 0. The molecule has 7 heteroatoms. The van der Waals surface area contributed by atoms with Crippen molar-refractivity contribution < 1.29 is 19.7 Å². The maximum absolute atomic E-state index is 9.70. The zero-order valence-corrected chi connectivity index (χ0v) is 23.7. The Morgan fingerprint density at radius 2 is 1.03 bits per heavy atom. The van der Waals surface area contributed by atoms with Gasteiger partial charge in [-0.15, -0.1) is 10.2 Å². The number of benzene rings is 2. The molecule has 3 rings (SSSR count). The van der Waals surface area contributed by atoms with Crippen LogP contribution in [0.4, 0.5) is 0 Å². The molecule has 0 saturated carbocycles. The molecule has 0 aliphatic rings. The molecule has 0 aliphatic carbocycles. The molecule has 0 radical (unpaired) electrons. The van der Waals surface area contributed by atoms with Gasteiger partial charge in [-0.3, -0.25) is 0 Å². The highest BCUT2D eigenvalue weighted by Crippen LogP contribution is 2.31. The van der Waals surface area contributed by atoms with Gasteiger partial charge < -0.3 is 19.7 Å². The summed E-state index contributed by atoms with van der Waals surface area (Å²) in [7, 11) is 0. The van der Waals surface area contributed by atoms with E-state index in [-0.39, 0.29) is 11.5 Å². The highest BCUT2D eigenvalue weighted by atomic mass is 16.5. The van der Waals surface area contributed by atoms with E-state index >= 15 is 0 Å². The normalized spacial score (nSPS) is 10.0. The number of aryl methyl sites for hydroxylation is 2. The zero-order valence-electron chi connectivity index (χ0n) is 23.7. The summed E-state index contributed by atoms with van der Waals surface area (Å²) in [5.74, 6) is 1.85. The Bertz CT molecular complexity index is 880. The first-order chi connectivity index (χ1) is 18.6. The molecule has 0 bridgehead atoms. The molecule has 3 aromatic rings. The van der Waals surface area contributed by atoms with Crippen molar-refractivity contribution in [2.45, 2.75) is 91.9 Å². The van der Waals surface area contributed by atoms with E-state index in [1.165, 1.54) is 38.5 Å². The predicted octanol–water partition coefficient (Wildman–Crippen LogP) is 7.70. The lowest BCUT2D eigenvalue weighted by Crippen LogP contribution is -2.00. The summed E-state index contributed by atoms with van der Waals surface area (Å²) >= 11 is 0. The molecule has 0 atom stereocenters. The molecule has 7 nitrogen and oxygen atoms in total. The van der Waals surface area contributed by atoms with E-state index in [1.54, 1.807) is 30.6 Å². The van der Waals surface area contributed by atoms with Gasteiger partial charge in [-0.2, -0.15) is 0 Å². The van der Waals surface area contributed by atoms with Crippen molar-refractivity contribution in [1.29, 1.82) is 0 Å². The van der Waals surface area contributed by atoms with Gasteiger partial charge in [0, 0.05) is 0 Å². The third-order valence-electron chi connectivity index (χ3n) is 5.81. The summed E-state index contributed by atoms with van der Waals surface area (Å²) in [5, 5.41) is 29.5. The van der Waals surface area contributed by atoms with Crippen molar-refractivity contribution in [2.24, 2.45) is 0 Å². The van der Waals surface area contributed by atoms with E-state index in [0.29, 0.717) is 24.7 Å². The fourth-order valence-corrected chi connectivity index (χ4v) is 3.64. The first-order valence-electron chi connectivity index (χ1n) is 14.0. The second-order valence-electron chi connectivity index (χ2n) is 8.87. The van der Waals surface area contributed by atoms with E-state index < -0.39 is 0 Å². The van der Waals surface area contributed by atoms with Crippen LogP contribution in [0.2, 0.25) is 0 Å². The number of unbranched alkanes of at least 4 members (excludes halogenated alkanes) is 6. The topological polar surface area (TPSA) is 97.6 Å². The van der Waals surface area contributed by atoms with Crippen LogP contribution < -0.4 is 9.47 Å². The lowest BCUT2D eigenvalue weighted by molar-refractivity contribution is 0.286. The molecule has 1 aromatic heterocycles. The summed E-state index contributed by atoms with van der Waals surface area (Å²) < 4.78 is 11.3. The average molecular weight is 526 g/mol. The molecule has 0 spiro atoms. The van der Waals surface area contributed by atoms with Gasteiger partial charge in [-0.05, 0) is 60.2 Å². The SMILES string of the molecule is CCCCCCOc1c(O)cccc1CC.CCCCCCOc1c(O)cccc1CC.c1cnnnc1. The Morgan fingerprint density at radius 1 is 0.579 bits per heavy atom. The second kappa shape index (κ2) is 21.7. The third-order valence-corrected chi connectivity index (χ3v) is 5.81. The summed E-state index contributed by atoms with van der Waals surface area (Å²) in [6, 6.07) is 12.8. The van der Waals surface area contributed by atoms with E-state index in [4.69, 9.17) is 9.47 Å². The number of hydrogen-bond acceptors (Lipinski definition) is 7. The summed E-state index contributed by atoms with van der Waals surface area (Å²) in [6.45, 7) is 9.92. The van der Waals surface area contributed by atoms with Crippen LogP contribution in [0, 0.1) is 0 Å². The van der Waals surface area contributed by atoms with Crippen LogP contribution in [-0.4, -0.2) is 38.8 Å². The van der Waals surface area contributed by atoms with Gasteiger partial charge in [0.15, 0.2) is 23.0 Å². The van der Waals surface area contributed by atoms with E-state index in [2.05, 4.69) is 43.1 Å². The predicted molar refractivity (Wildman–Crippen MR) is 154 cm³/mol. The highest BCUT2D eigenvalue weighted by Gasteiger charge is 2.08. The number of hydrogen-bond donors (Lipinski definition) is 2. The van der Waals surface area contributed by atoms with Crippen LogP contribution in [0.25, 0.3) is 0 Å². The Morgan fingerprint density at radius 3 is 1.34 bits per heavy atom. The van der Waals surface area contributed by atoms with Crippen LogP contribution in [0.3, 0.4) is 0 Å². The molecular formula is C31H47N3O4. The molecule has 38 heavy (non-hydrogen) atoms. The highest BCUT2D eigenvalue weighted by molar-refractivity contribution is 5.46. The summed E-state index contributed by atoms with van der Waals surface area (Å²) in [6.07, 6.45) is 14.4. The lowest BCUT2D eigenvalue weighted by Gasteiger charge is -2.11. The Hall–Kier alpha value is -3.35. The maximum Gasteiger partial charge on any atom is 0.164 e. The third kappa shape index (κ3) is 13.8. The van der Waals surface area contributed by atoms with Gasteiger partial charge >= 0.3 is 0 Å². The van der Waals surface area contributed by atoms with Crippen molar-refractivity contribution >= 4 is 0 Å². The molecule has 0 aliphatic heterocycles. The first kappa shape index (κ1) is 32.7. The number of aromatic hydroxyl groups is 2. The number of para-hydroxylation sites is 2. The Labute approximate surface area is 229 Å². The van der Waals surface area contributed by atoms with Gasteiger partial charge in [-0.1, -0.05) is 90.5 Å². The van der Waals surface area contributed by atoms with Crippen LogP contribution in [0.15, 0.2) is 54.9 Å². The average Bonchev–Trinajstić information content (AvgIpc) is 2.95. The molecular weight excluding hydrogens is 478 g/mol. The second-order valence-corrected chi connectivity index (χ2v) is 8.87. The van der Waals surface area contributed by atoms with E-state index in [0.717, 1.165) is 36.8 Å². The fraction of sp³-hybridized carbons (Fsp3) is 0.516. The monoisotopic (exact) mass is 525 g/mol. The lowest BCUT2D eigenvalue weighted by atomic mass is 10.1. The van der Waals surface area contributed by atoms with Crippen LogP contribution in [0.5, 0.6) is 23.0 Å². The number of ether oxygens (including phenoxy) is 2. The standard InChI is InChI=1S/2C14H22O2.C3H3N3/c2*1-3-5-6-7-11-16-14-12(4-2)9-8-10-13(14)15;1-2-4-6-5-3-1/h2*8-10,15H,3-7,11H2,1-2H3;1-3H. The molecule has 2 aromatic carbocycles. The van der Waals surface area contributed by atoms with Gasteiger partial charge in [0.05, 0.1) is 25.6 Å². The van der Waals surface area contributed by atoms with Crippen LogP contribution >= 0.6 is 0 Å². The van der Waals surface area contributed by atoms with Crippen molar-refractivity contribution in [3.63, 3.8) is 0 Å². The maximum atomic E-state index is 9.70. The minimum Gasteiger partial charge on any atom is -0.504 e. The number of nitrogens with zero attached hydrogens (tertiary/aromatic N) is 3. The van der Waals surface area contributed by atoms with Crippen molar-refractivity contribution in [3.05, 3.63) is 66.0 Å². The van der Waals surface area contributed by atoms with Gasteiger partial charge in [0.2, 0.25) is 0 Å². The molecule has 0 saturated heterocycles. The first-order valence-corrected chi connectivity index (χ1v) is 14.0. The van der Waals surface area contributed by atoms with Crippen LogP contribution in [0.1, 0.15) is 90.2 Å². The van der Waals surface area contributed by atoms with Crippen LogP contribution in [-0.2, 0) is 12.8 Å². The number of rotatable bonds is 14.